The average Bonchev–Trinajstić information content (AvgIpc) is 2.86. The van der Waals surface area contributed by atoms with Gasteiger partial charge in [0.25, 0.3) is 5.91 Å². The van der Waals surface area contributed by atoms with Crippen LogP contribution in [0.5, 0.6) is 0 Å². The molecule has 0 radical (unpaired) electrons. The first kappa shape index (κ1) is 19.9. The van der Waals surface area contributed by atoms with Gasteiger partial charge in [-0.3, -0.25) is 9.59 Å². The van der Waals surface area contributed by atoms with Crippen molar-refractivity contribution in [2.75, 3.05) is 6.54 Å². The Bertz CT molecular complexity index is 941. The molecule has 2 aromatic rings. The average molecular weight is 469 g/mol. The standard InChI is InChI=1S/C20H16BrCl2NO3/c1-11(25)17-18(13-2-5-14(21)6-3-13)24(20(27)19(17)26)9-8-12-4-7-15(22)10-16(12)23/h2-7,10,18,26H,8-9H2,1H3. The predicted octanol–water partition coefficient (Wildman–Crippen LogP) is 5.28. The molecule has 0 aliphatic carbocycles. The van der Waals surface area contributed by atoms with Crippen LogP contribution in [0.1, 0.15) is 24.1 Å². The van der Waals surface area contributed by atoms with Crippen molar-refractivity contribution in [3.63, 3.8) is 0 Å². The lowest BCUT2D eigenvalue weighted by Gasteiger charge is -2.27. The molecule has 1 amide bonds. The highest BCUT2D eigenvalue weighted by Gasteiger charge is 2.42. The molecule has 0 bridgehead atoms. The molecule has 1 atom stereocenters. The lowest BCUT2D eigenvalue weighted by molar-refractivity contribution is -0.129. The van der Waals surface area contributed by atoms with E-state index in [4.69, 9.17) is 23.2 Å². The highest BCUT2D eigenvalue weighted by atomic mass is 79.9. The number of hydrogen-bond donors (Lipinski definition) is 1. The van der Waals surface area contributed by atoms with Crippen LogP contribution in [0, 0.1) is 0 Å². The summed E-state index contributed by atoms with van der Waals surface area (Å²) in [6.45, 7) is 1.64. The van der Waals surface area contributed by atoms with Gasteiger partial charge in [0.1, 0.15) is 0 Å². The van der Waals surface area contributed by atoms with E-state index in [0.29, 0.717) is 23.0 Å². The summed E-state index contributed by atoms with van der Waals surface area (Å²) in [5.74, 6) is -1.38. The lowest BCUT2D eigenvalue weighted by Crippen LogP contribution is -2.33. The van der Waals surface area contributed by atoms with E-state index >= 15 is 0 Å². The van der Waals surface area contributed by atoms with E-state index in [9.17, 15) is 14.7 Å². The zero-order valence-electron chi connectivity index (χ0n) is 14.4. The quantitative estimate of drug-likeness (QED) is 0.649. The first-order valence-corrected chi connectivity index (χ1v) is 9.79. The smallest absolute Gasteiger partial charge is 0.290 e. The number of benzene rings is 2. The number of halogens is 3. The van der Waals surface area contributed by atoms with Crippen LogP contribution in [0.3, 0.4) is 0 Å². The molecule has 1 unspecified atom stereocenters. The minimum atomic E-state index is -0.630. The molecule has 7 heteroatoms. The fourth-order valence-corrected chi connectivity index (χ4v) is 3.97. The molecule has 0 fully saturated rings. The van der Waals surface area contributed by atoms with Crippen LogP contribution in [-0.4, -0.2) is 28.2 Å². The van der Waals surface area contributed by atoms with E-state index in [1.54, 1.807) is 18.2 Å². The van der Waals surface area contributed by atoms with Gasteiger partial charge < -0.3 is 10.0 Å². The second kappa shape index (κ2) is 8.05. The molecule has 2 aromatic carbocycles. The third-order valence-corrected chi connectivity index (χ3v) is 5.62. The summed E-state index contributed by atoms with van der Waals surface area (Å²) in [4.78, 5) is 26.3. The van der Waals surface area contributed by atoms with E-state index in [0.717, 1.165) is 15.6 Å². The molecule has 0 aromatic heterocycles. The van der Waals surface area contributed by atoms with Gasteiger partial charge in [-0.2, -0.15) is 0 Å². The van der Waals surface area contributed by atoms with Crippen molar-refractivity contribution in [3.8, 4) is 0 Å². The monoisotopic (exact) mass is 467 g/mol. The predicted molar refractivity (Wildman–Crippen MR) is 109 cm³/mol. The number of aliphatic hydroxyl groups excluding tert-OH is 1. The molecular formula is C20H16BrCl2NO3. The highest BCUT2D eigenvalue weighted by molar-refractivity contribution is 9.10. The van der Waals surface area contributed by atoms with Gasteiger partial charge in [-0.1, -0.05) is 57.3 Å². The first-order valence-electron chi connectivity index (χ1n) is 8.24. The summed E-state index contributed by atoms with van der Waals surface area (Å²) < 4.78 is 0.882. The zero-order valence-corrected chi connectivity index (χ0v) is 17.5. The summed E-state index contributed by atoms with van der Waals surface area (Å²) in [6, 6.07) is 11.9. The molecule has 1 N–H and O–H groups in total. The Balaban J connectivity index is 1.93. The summed E-state index contributed by atoms with van der Waals surface area (Å²) in [7, 11) is 0. The summed E-state index contributed by atoms with van der Waals surface area (Å²) in [6.07, 6.45) is 0.466. The molecule has 1 aliphatic rings. The number of amides is 1. The van der Waals surface area contributed by atoms with Crippen molar-refractivity contribution in [2.45, 2.75) is 19.4 Å². The molecular weight excluding hydrogens is 453 g/mol. The van der Waals surface area contributed by atoms with Crippen LogP contribution in [0.2, 0.25) is 10.0 Å². The lowest BCUT2D eigenvalue weighted by atomic mass is 9.96. The molecule has 1 aliphatic heterocycles. The van der Waals surface area contributed by atoms with Crippen molar-refractivity contribution >= 4 is 50.8 Å². The Morgan fingerprint density at radius 1 is 1.19 bits per heavy atom. The van der Waals surface area contributed by atoms with E-state index in [1.165, 1.54) is 11.8 Å². The maximum Gasteiger partial charge on any atom is 0.290 e. The Kier molecular flexibility index (Phi) is 5.94. The van der Waals surface area contributed by atoms with Gasteiger partial charge in [-0.05, 0) is 48.7 Å². The van der Waals surface area contributed by atoms with Crippen LogP contribution in [-0.2, 0) is 16.0 Å². The van der Waals surface area contributed by atoms with Gasteiger partial charge in [0, 0.05) is 21.1 Å². The molecule has 0 spiro atoms. The summed E-state index contributed by atoms with van der Waals surface area (Å²) in [5, 5.41) is 11.3. The van der Waals surface area contributed by atoms with Crippen LogP contribution in [0.4, 0.5) is 0 Å². The number of aliphatic hydroxyl groups is 1. The number of ketones is 1. The first-order chi connectivity index (χ1) is 12.8. The van der Waals surface area contributed by atoms with E-state index < -0.39 is 17.7 Å². The van der Waals surface area contributed by atoms with Crippen LogP contribution in [0.25, 0.3) is 0 Å². The molecule has 140 valence electrons. The van der Waals surface area contributed by atoms with Gasteiger partial charge in [0.05, 0.1) is 11.6 Å². The van der Waals surface area contributed by atoms with Crippen molar-refractivity contribution < 1.29 is 14.7 Å². The van der Waals surface area contributed by atoms with Gasteiger partial charge in [0.15, 0.2) is 11.5 Å². The van der Waals surface area contributed by atoms with Gasteiger partial charge in [-0.15, -0.1) is 0 Å². The largest absolute Gasteiger partial charge is 0.503 e. The third-order valence-electron chi connectivity index (χ3n) is 4.51. The number of nitrogens with zero attached hydrogens (tertiary/aromatic N) is 1. The van der Waals surface area contributed by atoms with Crippen molar-refractivity contribution in [1.82, 2.24) is 4.90 Å². The fourth-order valence-electron chi connectivity index (χ4n) is 3.20. The summed E-state index contributed by atoms with van der Waals surface area (Å²) >= 11 is 15.5. The Labute approximate surface area is 175 Å². The second-order valence-electron chi connectivity index (χ2n) is 6.26. The van der Waals surface area contributed by atoms with E-state index in [1.807, 2.05) is 24.3 Å². The number of rotatable bonds is 5. The molecule has 27 heavy (non-hydrogen) atoms. The normalized spacial score (nSPS) is 17.0. The SMILES string of the molecule is CC(=O)C1=C(O)C(=O)N(CCc2ccc(Cl)cc2Cl)C1c1ccc(Br)cc1. The maximum atomic E-state index is 12.6. The molecule has 1 heterocycles. The Hall–Kier alpha value is -1.82. The zero-order chi connectivity index (χ0) is 19.7. The van der Waals surface area contributed by atoms with Gasteiger partial charge >= 0.3 is 0 Å². The Morgan fingerprint density at radius 3 is 2.44 bits per heavy atom. The van der Waals surface area contributed by atoms with Crippen LogP contribution < -0.4 is 0 Å². The highest BCUT2D eigenvalue weighted by Crippen LogP contribution is 2.38. The van der Waals surface area contributed by atoms with Crippen molar-refractivity contribution in [1.29, 1.82) is 0 Å². The summed E-state index contributed by atoms with van der Waals surface area (Å²) in [5.41, 5.74) is 1.70. The number of Topliss-reactive ketones (excluding diaryl/α,β-unsaturated/α-hetero) is 1. The molecule has 4 nitrogen and oxygen atoms in total. The number of carbonyl (C=O) groups is 2. The minimum Gasteiger partial charge on any atom is -0.503 e. The molecule has 0 saturated heterocycles. The number of carbonyl (C=O) groups excluding carboxylic acids is 2. The minimum absolute atomic E-state index is 0.115. The van der Waals surface area contributed by atoms with Crippen molar-refractivity contribution in [2.24, 2.45) is 0 Å². The van der Waals surface area contributed by atoms with Gasteiger partial charge in [-0.25, -0.2) is 0 Å². The molecule has 3 rings (SSSR count). The Morgan fingerprint density at radius 2 is 1.85 bits per heavy atom. The number of hydrogen-bond acceptors (Lipinski definition) is 3. The maximum absolute atomic E-state index is 12.6. The fraction of sp³-hybridized carbons (Fsp3) is 0.200. The topological polar surface area (TPSA) is 57.6 Å². The molecule has 0 saturated carbocycles. The van der Waals surface area contributed by atoms with Crippen LogP contribution in [0.15, 0.2) is 58.3 Å². The van der Waals surface area contributed by atoms with Crippen LogP contribution >= 0.6 is 39.1 Å². The van der Waals surface area contributed by atoms with E-state index in [2.05, 4.69) is 15.9 Å². The van der Waals surface area contributed by atoms with Gasteiger partial charge in [0.2, 0.25) is 0 Å². The third kappa shape index (κ3) is 4.05. The van der Waals surface area contributed by atoms with Crippen molar-refractivity contribution in [3.05, 3.63) is 79.4 Å². The van der Waals surface area contributed by atoms with E-state index in [-0.39, 0.29) is 11.4 Å². The second-order valence-corrected chi connectivity index (χ2v) is 8.02.